The molecule has 1 heterocycles. The third kappa shape index (κ3) is 2.68. The van der Waals surface area contributed by atoms with Gasteiger partial charge in [0.2, 0.25) is 0 Å². The van der Waals surface area contributed by atoms with Crippen molar-refractivity contribution in [2.24, 2.45) is 0 Å². The molecule has 2 nitrogen and oxygen atoms in total. The highest BCUT2D eigenvalue weighted by Gasteiger charge is 1.92. The first-order chi connectivity index (χ1) is 5.33. The van der Waals surface area contributed by atoms with Crippen LogP contribution < -0.4 is 0 Å². The highest BCUT2D eigenvalue weighted by atomic mass is 16.2. The van der Waals surface area contributed by atoms with E-state index in [1.807, 2.05) is 19.2 Å². The largest absolute Gasteiger partial charge is 0.396 e. The minimum Gasteiger partial charge on any atom is -0.396 e. The zero-order valence-corrected chi connectivity index (χ0v) is 6.75. The normalized spacial score (nSPS) is 10.0. The Bertz CT molecular complexity index is 223. The van der Waals surface area contributed by atoms with Crippen molar-refractivity contribution in [1.29, 1.82) is 0 Å². The molecule has 0 aliphatic rings. The molecule has 0 atom stereocenters. The van der Waals surface area contributed by atoms with Gasteiger partial charge in [-0.2, -0.15) is 0 Å². The summed E-state index contributed by atoms with van der Waals surface area (Å²) >= 11 is 0. The maximum atomic E-state index is 8.58. The molecule has 0 saturated carbocycles. The molecule has 2 heteroatoms. The summed E-state index contributed by atoms with van der Waals surface area (Å²) in [5.74, 6) is 0. The van der Waals surface area contributed by atoms with E-state index in [4.69, 9.17) is 5.11 Å². The Labute approximate surface area is 66.9 Å². The van der Waals surface area contributed by atoms with Crippen molar-refractivity contribution in [2.45, 2.75) is 19.8 Å². The maximum absolute atomic E-state index is 8.58. The topological polar surface area (TPSA) is 33.1 Å². The van der Waals surface area contributed by atoms with Crippen molar-refractivity contribution in [3.63, 3.8) is 0 Å². The van der Waals surface area contributed by atoms with Crippen LogP contribution in [0.2, 0.25) is 0 Å². The molecule has 0 unspecified atom stereocenters. The highest BCUT2D eigenvalue weighted by molar-refractivity contribution is 5.15. The maximum Gasteiger partial charge on any atom is 0.0434 e. The van der Waals surface area contributed by atoms with Crippen LogP contribution >= 0.6 is 0 Å². The van der Waals surface area contributed by atoms with E-state index in [1.165, 1.54) is 5.56 Å². The second-order valence-corrected chi connectivity index (χ2v) is 2.63. The number of aryl methyl sites for hydroxylation is 2. The summed E-state index contributed by atoms with van der Waals surface area (Å²) in [6.45, 7) is 2.24. The second-order valence-electron chi connectivity index (χ2n) is 2.63. The first kappa shape index (κ1) is 8.21. The van der Waals surface area contributed by atoms with Gasteiger partial charge < -0.3 is 5.11 Å². The molecule has 60 valence electrons. The fourth-order valence-corrected chi connectivity index (χ4v) is 1.04. The highest BCUT2D eigenvalue weighted by Crippen LogP contribution is 2.02. The summed E-state index contributed by atoms with van der Waals surface area (Å²) in [5, 5.41) is 8.58. The van der Waals surface area contributed by atoms with Crippen LogP contribution in [0.5, 0.6) is 0 Å². The summed E-state index contributed by atoms with van der Waals surface area (Å²) in [6.07, 6.45) is 3.59. The van der Waals surface area contributed by atoms with Gasteiger partial charge in [-0.3, -0.25) is 4.98 Å². The fraction of sp³-hybridized carbons (Fsp3) is 0.444. The standard InChI is InChI=1S/C9H13NO/c1-8-7-9(3-2-6-11)4-5-10-8/h4-5,7,11H,2-3,6H2,1H3. The number of aromatic nitrogens is 1. The van der Waals surface area contributed by atoms with Gasteiger partial charge in [-0.05, 0) is 37.5 Å². The van der Waals surface area contributed by atoms with Crippen LogP contribution in [0.4, 0.5) is 0 Å². The lowest BCUT2D eigenvalue weighted by Gasteiger charge is -1.98. The van der Waals surface area contributed by atoms with Gasteiger partial charge in [0.05, 0.1) is 0 Å². The van der Waals surface area contributed by atoms with E-state index in [2.05, 4.69) is 11.1 Å². The van der Waals surface area contributed by atoms with Crippen LogP contribution in [0.25, 0.3) is 0 Å². The smallest absolute Gasteiger partial charge is 0.0434 e. The van der Waals surface area contributed by atoms with Crippen LogP contribution in [-0.2, 0) is 6.42 Å². The molecule has 1 aromatic heterocycles. The van der Waals surface area contributed by atoms with E-state index in [0.29, 0.717) is 0 Å². The Morgan fingerprint density at radius 3 is 3.00 bits per heavy atom. The lowest BCUT2D eigenvalue weighted by atomic mass is 10.1. The van der Waals surface area contributed by atoms with E-state index in [0.717, 1.165) is 18.5 Å². The average molecular weight is 151 g/mol. The van der Waals surface area contributed by atoms with E-state index in [1.54, 1.807) is 0 Å². The molecule has 0 radical (unpaired) electrons. The van der Waals surface area contributed by atoms with Crippen molar-refractivity contribution in [3.05, 3.63) is 29.6 Å². The molecule has 0 aliphatic carbocycles. The number of hydrogen-bond acceptors (Lipinski definition) is 2. The molecule has 1 aromatic rings. The van der Waals surface area contributed by atoms with Crippen molar-refractivity contribution >= 4 is 0 Å². The van der Waals surface area contributed by atoms with Crippen molar-refractivity contribution in [2.75, 3.05) is 6.61 Å². The zero-order chi connectivity index (χ0) is 8.10. The Morgan fingerprint density at radius 2 is 2.36 bits per heavy atom. The van der Waals surface area contributed by atoms with Gasteiger partial charge in [0.15, 0.2) is 0 Å². The quantitative estimate of drug-likeness (QED) is 0.706. The van der Waals surface area contributed by atoms with E-state index in [-0.39, 0.29) is 6.61 Å². The van der Waals surface area contributed by atoms with Gasteiger partial charge in [0.1, 0.15) is 0 Å². The Kier molecular flexibility index (Phi) is 3.05. The van der Waals surface area contributed by atoms with E-state index >= 15 is 0 Å². The van der Waals surface area contributed by atoms with Crippen molar-refractivity contribution < 1.29 is 5.11 Å². The number of nitrogens with zero attached hydrogens (tertiary/aromatic N) is 1. The summed E-state index contributed by atoms with van der Waals surface area (Å²) in [6, 6.07) is 4.04. The number of aliphatic hydroxyl groups is 1. The molecule has 0 saturated heterocycles. The van der Waals surface area contributed by atoms with Gasteiger partial charge in [-0.15, -0.1) is 0 Å². The molecule has 1 N–H and O–H groups in total. The molecule has 11 heavy (non-hydrogen) atoms. The minimum absolute atomic E-state index is 0.265. The Balaban J connectivity index is 2.56. The van der Waals surface area contributed by atoms with Crippen molar-refractivity contribution in [3.8, 4) is 0 Å². The van der Waals surface area contributed by atoms with Gasteiger partial charge in [0, 0.05) is 18.5 Å². The third-order valence-electron chi connectivity index (χ3n) is 1.58. The fourth-order valence-electron chi connectivity index (χ4n) is 1.04. The molecular formula is C9H13NO. The van der Waals surface area contributed by atoms with Gasteiger partial charge in [0.25, 0.3) is 0 Å². The predicted octanol–water partition coefficient (Wildman–Crippen LogP) is 1.31. The molecule has 1 rings (SSSR count). The minimum atomic E-state index is 0.265. The molecule has 0 aromatic carbocycles. The number of pyridine rings is 1. The van der Waals surface area contributed by atoms with Crippen molar-refractivity contribution in [1.82, 2.24) is 4.98 Å². The third-order valence-corrected chi connectivity index (χ3v) is 1.58. The number of rotatable bonds is 3. The van der Waals surface area contributed by atoms with Gasteiger partial charge in [-0.1, -0.05) is 0 Å². The molecule has 0 amide bonds. The first-order valence-electron chi connectivity index (χ1n) is 3.85. The summed E-state index contributed by atoms with van der Waals surface area (Å²) < 4.78 is 0. The molecule has 0 fully saturated rings. The van der Waals surface area contributed by atoms with Crippen LogP contribution in [0, 0.1) is 6.92 Å². The SMILES string of the molecule is Cc1cc(CCCO)ccn1. The summed E-state index contributed by atoms with van der Waals surface area (Å²) in [4.78, 5) is 4.09. The molecular weight excluding hydrogens is 138 g/mol. The second kappa shape index (κ2) is 4.09. The molecule has 0 aliphatic heterocycles. The monoisotopic (exact) mass is 151 g/mol. The lowest BCUT2D eigenvalue weighted by molar-refractivity contribution is 0.288. The molecule has 0 bridgehead atoms. The summed E-state index contributed by atoms with van der Waals surface area (Å²) in [5.41, 5.74) is 2.30. The van der Waals surface area contributed by atoms with Gasteiger partial charge >= 0.3 is 0 Å². The number of hydrogen-bond donors (Lipinski definition) is 1. The Morgan fingerprint density at radius 1 is 1.55 bits per heavy atom. The average Bonchev–Trinajstić information content (AvgIpc) is 2.01. The van der Waals surface area contributed by atoms with E-state index < -0.39 is 0 Å². The first-order valence-corrected chi connectivity index (χ1v) is 3.85. The summed E-state index contributed by atoms with van der Waals surface area (Å²) in [7, 11) is 0. The van der Waals surface area contributed by atoms with Crippen LogP contribution in [0.15, 0.2) is 18.3 Å². The van der Waals surface area contributed by atoms with E-state index in [9.17, 15) is 0 Å². The van der Waals surface area contributed by atoms with Gasteiger partial charge in [-0.25, -0.2) is 0 Å². The molecule has 0 spiro atoms. The van der Waals surface area contributed by atoms with Crippen LogP contribution in [0.1, 0.15) is 17.7 Å². The Hall–Kier alpha value is -0.890. The number of aliphatic hydroxyl groups excluding tert-OH is 1. The predicted molar refractivity (Wildman–Crippen MR) is 44.4 cm³/mol. The van der Waals surface area contributed by atoms with Crippen LogP contribution in [-0.4, -0.2) is 16.7 Å². The lowest BCUT2D eigenvalue weighted by Crippen LogP contribution is -1.90. The zero-order valence-electron chi connectivity index (χ0n) is 6.75. The van der Waals surface area contributed by atoms with Crippen LogP contribution in [0.3, 0.4) is 0 Å².